The Hall–Kier alpha value is -1.68. The average Bonchev–Trinajstić information content (AvgIpc) is 2.49. The van der Waals surface area contributed by atoms with Crippen LogP contribution in [0.2, 0.25) is 0 Å². The van der Waals surface area contributed by atoms with E-state index in [2.05, 4.69) is 0 Å². The van der Waals surface area contributed by atoms with Crippen LogP contribution in [0.4, 0.5) is 0 Å². The summed E-state index contributed by atoms with van der Waals surface area (Å²) >= 11 is 0. The highest BCUT2D eigenvalue weighted by Gasteiger charge is 2.35. The van der Waals surface area contributed by atoms with Gasteiger partial charge in [0.25, 0.3) is 0 Å². The Bertz CT molecular complexity index is 512. The number of rotatable bonds is 6. The molecule has 106 valence electrons. The SMILES string of the molecule is OCC(O)(Cc1ccccc1)C(O)Cc1ccccc1. The molecule has 0 fully saturated rings. The quantitative estimate of drug-likeness (QED) is 0.748. The van der Waals surface area contributed by atoms with Gasteiger partial charge in [-0.2, -0.15) is 0 Å². The van der Waals surface area contributed by atoms with Gasteiger partial charge in [-0.05, 0) is 11.1 Å². The molecule has 0 radical (unpaired) electrons. The van der Waals surface area contributed by atoms with Crippen molar-refractivity contribution >= 4 is 0 Å². The van der Waals surface area contributed by atoms with E-state index in [0.29, 0.717) is 6.42 Å². The number of hydrogen-bond acceptors (Lipinski definition) is 3. The third-order valence-electron chi connectivity index (χ3n) is 3.52. The highest BCUT2D eigenvalue weighted by Crippen LogP contribution is 2.20. The van der Waals surface area contributed by atoms with Gasteiger partial charge in [0.15, 0.2) is 0 Å². The minimum absolute atomic E-state index is 0.221. The molecule has 2 rings (SSSR count). The monoisotopic (exact) mass is 272 g/mol. The second kappa shape index (κ2) is 6.66. The molecule has 0 aliphatic heterocycles. The van der Waals surface area contributed by atoms with Gasteiger partial charge in [-0.15, -0.1) is 0 Å². The smallest absolute Gasteiger partial charge is 0.118 e. The van der Waals surface area contributed by atoms with Crippen LogP contribution in [0.3, 0.4) is 0 Å². The molecule has 0 aromatic heterocycles. The zero-order valence-corrected chi connectivity index (χ0v) is 11.3. The highest BCUT2D eigenvalue weighted by atomic mass is 16.4. The van der Waals surface area contributed by atoms with E-state index >= 15 is 0 Å². The Morgan fingerprint density at radius 2 is 1.35 bits per heavy atom. The molecule has 20 heavy (non-hydrogen) atoms. The Kier molecular flexibility index (Phi) is 4.90. The van der Waals surface area contributed by atoms with Crippen LogP contribution in [0.5, 0.6) is 0 Å². The van der Waals surface area contributed by atoms with Crippen molar-refractivity contribution in [1.29, 1.82) is 0 Å². The fourth-order valence-electron chi connectivity index (χ4n) is 2.26. The zero-order chi connectivity index (χ0) is 14.4. The molecule has 0 spiro atoms. The Balaban J connectivity index is 2.09. The number of benzene rings is 2. The summed E-state index contributed by atoms with van der Waals surface area (Å²) in [5, 5.41) is 30.3. The van der Waals surface area contributed by atoms with Gasteiger partial charge < -0.3 is 15.3 Å². The summed E-state index contributed by atoms with van der Waals surface area (Å²) in [7, 11) is 0. The van der Waals surface area contributed by atoms with Crippen molar-refractivity contribution in [3.05, 3.63) is 71.8 Å². The first-order chi connectivity index (χ1) is 9.64. The maximum atomic E-state index is 10.5. The van der Waals surface area contributed by atoms with E-state index in [9.17, 15) is 15.3 Å². The molecule has 0 bridgehead atoms. The third-order valence-corrected chi connectivity index (χ3v) is 3.52. The van der Waals surface area contributed by atoms with Crippen molar-refractivity contribution in [2.24, 2.45) is 0 Å². The van der Waals surface area contributed by atoms with E-state index in [0.717, 1.165) is 11.1 Å². The molecule has 3 N–H and O–H groups in total. The summed E-state index contributed by atoms with van der Waals surface area (Å²) in [6.07, 6.45) is -0.488. The van der Waals surface area contributed by atoms with E-state index in [4.69, 9.17) is 0 Å². The van der Waals surface area contributed by atoms with Gasteiger partial charge in [0.1, 0.15) is 5.60 Å². The lowest BCUT2D eigenvalue weighted by Gasteiger charge is -2.31. The fraction of sp³-hybridized carbons (Fsp3) is 0.294. The van der Waals surface area contributed by atoms with Crippen LogP contribution in [0.1, 0.15) is 11.1 Å². The number of aliphatic hydroxyl groups excluding tert-OH is 2. The largest absolute Gasteiger partial charge is 0.393 e. The summed E-state index contributed by atoms with van der Waals surface area (Å²) in [6, 6.07) is 18.8. The number of aliphatic hydroxyl groups is 3. The molecule has 3 heteroatoms. The molecule has 0 amide bonds. The first-order valence-electron chi connectivity index (χ1n) is 6.73. The zero-order valence-electron chi connectivity index (χ0n) is 11.3. The summed E-state index contributed by atoms with van der Waals surface area (Å²) < 4.78 is 0. The predicted octanol–water partition coefficient (Wildman–Crippen LogP) is 1.56. The fourth-order valence-corrected chi connectivity index (χ4v) is 2.26. The minimum atomic E-state index is -1.53. The van der Waals surface area contributed by atoms with Crippen LogP contribution in [-0.4, -0.2) is 33.6 Å². The molecule has 0 heterocycles. The van der Waals surface area contributed by atoms with E-state index < -0.39 is 18.3 Å². The lowest BCUT2D eigenvalue weighted by molar-refractivity contribution is -0.104. The van der Waals surface area contributed by atoms with Crippen LogP contribution in [-0.2, 0) is 12.8 Å². The molecule has 2 unspecified atom stereocenters. The number of hydrogen-bond donors (Lipinski definition) is 3. The van der Waals surface area contributed by atoms with E-state index in [-0.39, 0.29) is 6.42 Å². The van der Waals surface area contributed by atoms with Gasteiger partial charge in [0.2, 0.25) is 0 Å². The van der Waals surface area contributed by atoms with Crippen molar-refractivity contribution in [3.8, 4) is 0 Å². The van der Waals surface area contributed by atoms with Gasteiger partial charge in [0.05, 0.1) is 12.7 Å². The van der Waals surface area contributed by atoms with Crippen LogP contribution in [0.25, 0.3) is 0 Å². The molecule has 0 aliphatic rings. The van der Waals surface area contributed by atoms with Gasteiger partial charge in [-0.3, -0.25) is 0 Å². The molecule has 2 atom stereocenters. The van der Waals surface area contributed by atoms with Crippen molar-refractivity contribution in [3.63, 3.8) is 0 Å². The molecule has 2 aromatic rings. The van der Waals surface area contributed by atoms with Gasteiger partial charge in [-0.1, -0.05) is 60.7 Å². The molecule has 2 aromatic carbocycles. The molecular formula is C17H20O3. The van der Waals surface area contributed by atoms with Crippen LogP contribution in [0.15, 0.2) is 60.7 Å². The Morgan fingerprint density at radius 1 is 0.850 bits per heavy atom. The van der Waals surface area contributed by atoms with Crippen molar-refractivity contribution in [2.45, 2.75) is 24.5 Å². The van der Waals surface area contributed by atoms with E-state index in [1.165, 1.54) is 0 Å². The first kappa shape index (κ1) is 14.7. The molecular weight excluding hydrogens is 252 g/mol. The first-order valence-corrected chi connectivity index (χ1v) is 6.73. The average molecular weight is 272 g/mol. The van der Waals surface area contributed by atoms with Gasteiger partial charge >= 0.3 is 0 Å². The summed E-state index contributed by atoms with van der Waals surface area (Å²) in [5.41, 5.74) is 0.285. The molecule has 0 aliphatic carbocycles. The lowest BCUT2D eigenvalue weighted by atomic mass is 9.86. The second-order valence-electron chi connectivity index (χ2n) is 5.13. The van der Waals surface area contributed by atoms with Crippen molar-refractivity contribution < 1.29 is 15.3 Å². The summed E-state index contributed by atoms with van der Waals surface area (Å²) in [4.78, 5) is 0. The predicted molar refractivity (Wildman–Crippen MR) is 78.3 cm³/mol. The van der Waals surface area contributed by atoms with E-state index in [1.54, 1.807) is 0 Å². The van der Waals surface area contributed by atoms with Gasteiger partial charge in [0, 0.05) is 12.8 Å². The maximum Gasteiger partial charge on any atom is 0.118 e. The molecule has 0 saturated heterocycles. The maximum absolute atomic E-state index is 10.5. The Labute approximate surface area is 119 Å². The van der Waals surface area contributed by atoms with Crippen LogP contribution >= 0.6 is 0 Å². The topological polar surface area (TPSA) is 60.7 Å². The van der Waals surface area contributed by atoms with Crippen molar-refractivity contribution in [2.75, 3.05) is 6.61 Å². The summed E-state index contributed by atoms with van der Waals surface area (Å²) in [6.45, 7) is -0.476. The third kappa shape index (κ3) is 3.67. The lowest BCUT2D eigenvalue weighted by Crippen LogP contribution is -2.48. The summed E-state index contributed by atoms with van der Waals surface area (Å²) in [5.74, 6) is 0. The molecule has 3 nitrogen and oxygen atoms in total. The normalized spacial score (nSPS) is 15.6. The van der Waals surface area contributed by atoms with Crippen LogP contribution in [0, 0.1) is 0 Å². The minimum Gasteiger partial charge on any atom is -0.393 e. The molecule has 0 saturated carbocycles. The highest BCUT2D eigenvalue weighted by molar-refractivity contribution is 5.20. The standard InChI is InChI=1S/C17H20O3/c18-13-17(20,12-15-9-5-2-6-10-15)16(19)11-14-7-3-1-4-8-14/h1-10,16,18-20H,11-13H2. The Morgan fingerprint density at radius 3 is 1.85 bits per heavy atom. The van der Waals surface area contributed by atoms with Crippen LogP contribution < -0.4 is 0 Å². The van der Waals surface area contributed by atoms with Gasteiger partial charge in [-0.25, -0.2) is 0 Å². The second-order valence-corrected chi connectivity index (χ2v) is 5.13. The van der Waals surface area contributed by atoms with Crippen molar-refractivity contribution in [1.82, 2.24) is 0 Å². The van der Waals surface area contributed by atoms with E-state index in [1.807, 2.05) is 60.7 Å².